The normalized spacial score (nSPS) is 13.8. The second-order valence-corrected chi connectivity index (χ2v) is 7.08. The summed E-state index contributed by atoms with van der Waals surface area (Å²) in [7, 11) is 1.77. The first-order valence-corrected chi connectivity index (χ1v) is 8.88. The molecule has 0 fully saturated rings. The summed E-state index contributed by atoms with van der Waals surface area (Å²) in [5.41, 5.74) is 2.77. The van der Waals surface area contributed by atoms with Crippen molar-refractivity contribution in [3.05, 3.63) is 63.9 Å². The van der Waals surface area contributed by atoms with Crippen LogP contribution in [-0.2, 0) is 20.0 Å². The zero-order chi connectivity index (χ0) is 18.3. The Labute approximate surface area is 157 Å². The van der Waals surface area contributed by atoms with Crippen LogP contribution in [0.1, 0.15) is 21.6 Å². The molecular weight excluding hydrogens is 401 g/mol. The fourth-order valence-electron chi connectivity index (χ4n) is 3.10. The van der Waals surface area contributed by atoms with Gasteiger partial charge in [0.15, 0.2) is 5.82 Å². The Hall–Kier alpha value is -2.61. The van der Waals surface area contributed by atoms with Gasteiger partial charge in [0.25, 0.3) is 5.91 Å². The molecular formula is C18H15BrFN5O. The molecule has 3 aromatic rings. The Morgan fingerprint density at radius 3 is 2.85 bits per heavy atom. The molecule has 0 aliphatic carbocycles. The van der Waals surface area contributed by atoms with Gasteiger partial charge in [0.2, 0.25) is 0 Å². The summed E-state index contributed by atoms with van der Waals surface area (Å²) in [5, 5.41) is 4.29. The third-order valence-electron chi connectivity index (χ3n) is 4.34. The number of amides is 1. The Kier molecular flexibility index (Phi) is 4.28. The molecule has 6 nitrogen and oxygen atoms in total. The summed E-state index contributed by atoms with van der Waals surface area (Å²) in [5.74, 6) is 0.0509. The Balaban J connectivity index is 1.68. The summed E-state index contributed by atoms with van der Waals surface area (Å²) < 4.78 is 16.2. The van der Waals surface area contributed by atoms with Crippen LogP contribution < -0.4 is 0 Å². The standard InChI is InChI=1S/C18H15BrFN5O/c1-24-10-22-17(23-24)14-3-2-13(20)6-11(14)9-25-5-4-16-15(18(25)26)7-12(19)8-21-16/h2-3,6-8,10H,4-5,9H2,1H3. The molecule has 0 spiro atoms. The van der Waals surface area contributed by atoms with Gasteiger partial charge >= 0.3 is 0 Å². The zero-order valence-corrected chi connectivity index (χ0v) is 15.6. The monoisotopic (exact) mass is 415 g/mol. The smallest absolute Gasteiger partial charge is 0.256 e. The minimum atomic E-state index is -0.353. The maximum Gasteiger partial charge on any atom is 0.256 e. The lowest BCUT2D eigenvalue weighted by Crippen LogP contribution is -2.37. The minimum absolute atomic E-state index is 0.107. The van der Waals surface area contributed by atoms with Crippen molar-refractivity contribution in [1.29, 1.82) is 0 Å². The van der Waals surface area contributed by atoms with E-state index in [0.717, 1.165) is 15.7 Å². The molecule has 1 aliphatic heterocycles. The molecule has 26 heavy (non-hydrogen) atoms. The van der Waals surface area contributed by atoms with Crippen molar-refractivity contribution >= 4 is 21.8 Å². The van der Waals surface area contributed by atoms with Crippen LogP contribution in [0.4, 0.5) is 4.39 Å². The van der Waals surface area contributed by atoms with Crippen molar-refractivity contribution < 1.29 is 9.18 Å². The van der Waals surface area contributed by atoms with Crippen LogP contribution in [0.2, 0.25) is 0 Å². The largest absolute Gasteiger partial charge is 0.334 e. The average Bonchev–Trinajstić information content (AvgIpc) is 3.04. The Morgan fingerprint density at radius 1 is 1.23 bits per heavy atom. The molecule has 1 aromatic carbocycles. The van der Waals surface area contributed by atoms with Gasteiger partial charge in [0.05, 0.1) is 11.3 Å². The third-order valence-corrected chi connectivity index (χ3v) is 4.78. The van der Waals surface area contributed by atoms with Crippen molar-refractivity contribution in [1.82, 2.24) is 24.6 Å². The van der Waals surface area contributed by atoms with E-state index >= 15 is 0 Å². The van der Waals surface area contributed by atoms with Crippen LogP contribution in [0.15, 0.2) is 41.3 Å². The number of halogens is 2. The summed E-state index contributed by atoms with van der Waals surface area (Å²) in [6.45, 7) is 0.822. The third kappa shape index (κ3) is 3.12. The first-order valence-electron chi connectivity index (χ1n) is 8.09. The minimum Gasteiger partial charge on any atom is -0.334 e. The maximum atomic E-state index is 13.8. The summed E-state index contributed by atoms with van der Waals surface area (Å²) in [6, 6.07) is 6.25. The molecule has 0 unspecified atom stereocenters. The highest BCUT2D eigenvalue weighted by Gasteiger charge is 2.26. The number of carbonyl (C=O) groups excluding carboxylic acids is 1. The van der Waals surface area contributed by atoms with Crippen molar-refractivity contribution in [2.75, 3.05) is 6.54 Å². The van der Waals surface area contributed by atoms with Crippen molar-refractivity contribution in [2.45, 2.75) is 13.0 Å². The lowest BCUT2D eigenvalue weighted by Gasteiger charge is -2.28. The number of carbonyl (C=O) groups is 1. The van der Waals surface area contributed by atoms with Gasteiger partial charge in [-0.15, -0.1) is 0 Å². The van der Waals surface area contributed by atoms with Gasteiger partial charge in [0.1, 0.15) is 12.1 Å². The van der Waals surface area contributed by atoms with E-state index < -0.39 is 0 Å². The van der Waals surface area contributed by atoms with Gasteiger partial charge in [-0.25, -0.2) is 9.37 Å². The van der Waals surface area contributed by atoms with E-state index in [1.807, 2.05) is 0 Å². The molecule has 4 rings (SSSR count). The maximum absolute atomic E-state index is 13.8. The molecule has 0 radical (unpaired) electrons. The first-order chi connectivity index (χ1) is 12.5. The van der Waals surface area contributed by atoms with Crippen LogP contribution >= 0.6 is 15.9 Å². The van der Waals surface area contributed by atoms with Gasteiger partial charge in [-0.05, 0) is 45.8 Å². The topological polar surface area (TPSA) is 63.9 Å². The van der Waals surface area contributed by atoms with E-state index in [0.29, 0.717) is 29.9 Å². The molecule has 0 N–H and O–H groups in total. The Morgan fingerprint density at radius 2 is 2.08 bits per heavy atom. The van der Waals surface area contributed by atoms with Crippen LogP contribution in [0, 0.1) is 5.82 Å². The number of fused-ring (bicyclic) bond motifs is 1. The number of aromatic nitrogens is 4. The van der Waals surface area contributed by atoms with E-state index in [1.165, 1.54) is 12.1 Å². The van der Waals surface area contributed by atoms with E-state index in [-0.39, 0.29) is 18.3 Å². The Bertz CT molecular complexity index is 1000. The van der Waals surface area contributed by atoms with Crippen LogP contribution in [0.3, 0.4) is 0 Å². The molecule has 3 heterocycles. The predicted octanol–water partition coefficient (Wildman–Crippen LogP) is 2.98. The second-order valence-electron chi connectivity index (χ2n) is 6.17. The van der Waals surface area contributed by atoms with E-state index in [2.05, 4.69) is 31.0 Å². The molecule has 8 heteroatoms. The van der Waals surface area contributed by atoms with E-state index in [4.69, 9.17) is 0 Å². The second kappa shape index (κ2) is 6.60. The molecule has 0 saturated carbocycles. The van der Waals surface area contributed by atoms with Crippen LogP contribution in [-0.4, -0.2) is 37.1 Å². The molecule has 0 atom stereocenters. The SMILES string of the molecule is Cn1cnc(-c2ccc(F)cc2CN2CCc3ncc(Br)cc3C2=O)n1. The van der Waals surface area contributed by atoms with E-state index in [9.17, 15) is 9.18 Å². The highest BCUT2D eigenvalue weighted by molar-refractivity contribution is 9.10. The average molecular weight is 416 g/mol. The zero-order valence-electron chi connectivity index (χ0n) is 14.0. The number of pyridine rings is 1. The van der Waals surface area contributed by atoms with Crippen molar-refractivity contribution in [2.24, 2.45) is 7.05 Å². The fourth-order valence-corrected chi connectivity index (χ4v) is 3.43. The number of hydrogen-bond donors (Lipinski definition) is 0. The molecule has 1 amide bonds. The van der Waals surface area contributed by atoms with Gasteiger partial charge in [-0.3, -0.25) is 14.5 Å². The fraction of sp³-hybridized carbons (Fsp3) is 0.222. The molecule has 132 valence electrons. The van der Waals surface area contributed by atoms with Gasteiger partial charge in [-0.2, -0.15) is 5.10 Å². The van der Waals surface area contributed by atoms with Gasteiger partial charge in [0, 0.05) is 42.8 Å². The lowest BCUT2D eigenvalue weighted by atomic mass is 10.0. The summed E-state index contributed by atoms with van der Waals surface area (Å²) >= 11 is 3.36. The quantitative estimate of drug-likeness (QED) is 0.659. The lowest BCUT2D eigenvalue weighted by molar-refractivity contribution is 0.0725. The van der Waals surface area contributed by atoms with Crippen LogP contribution in [0.25, 0.3) is 11.4 Å². The highest BCUT2D eigenvalue weighted by atomic mass is 79.9. The number of benzene rings is 1. The number of hydrogen-bond acceptors (Lipinski definition) is 4. The summed E-state index contributed by atoms with van der Waals surface area (Å²) in [6.07, 6.45) is 3.95. The van der Waals surface area contributed by atoms with E-state index in [1.54, 1.807) is 41.3 Å². The van der Waals surface area contributed by atoms with Gasteiger partial charge in [-0.1, -0.05) is 0 Å². The number of nitrogens with zero attached hydrogens (tertiary/aromatic N) is 5. The molecule has 1 aliphatic rings. The number of rotatable bonds is 3. The summed E-state index contributed by atoms with van der Waals surface area (Å²) in [4.78, 5) is 23.1. The molecule has 0 bridgehead atoms. The number of aryl methyl sites for hydroxylation is 1. The van der Waals surface area contributed by atoms with Gasteiger partial charge < -0.3 is 4.90 Å². The van der Waals surface area contributed by atoms with Crippen molar-refractivity contribution in [3.8, 4) is 11.4 Å². The predicted molar refractivity (Wildman–Crippen MR) is 96.8 cm³/mol. The molecule has 2 aromatic heterocycles. The van der Waals surface area contributed by atoms with Crippen molar-refractivity contribution in [3.63, 3.8) is 0 Å². The van der Waals surface area contributed by atoms with Crippen LogP contribution in [0.5, 0.6) is 0 Å². The highest BCUT2D eigenvalue weighted by Crippen LogP contribution is 2.26. The molecule has 0 saturated heterocycles. The first kappa shape index (κ1) is 16.8.